The lowest BCUT2D eigenvalue weighted by atomic mass is 10.1. The Balaban J connectivity index is 2.88. The molecular formula is C11H13BrO2. The molecule has 0 radical (unpaired) electrons. The van der Waals surface area contributed by atoms with Crippen LogP contribution in [0, 0.1) is 0 Å². The summed E-state index contributed by atoms with van der Waals surface area (Å²) >= 11 is 3.25. The average molecular weight is 257 g/mol. The van der Waals surface area contributed by atoms with Crippen LogP contribution in [0.25, 0.3) is 0 Å². The highest BCUT2D eigenvalue weighted by Crippen LogP contribution is 2.19. The van der Waals surface area contributed by atoms with E-state index in [-0.39, 0.29) is 5.78 Å². The van der Waals surface area contributed by atoms with Crippen molar-refractivity contribution in [3.63, 3.8) is 0 Å². The van der Waals surface area contributed by atoms with E-state index < -0.39 is 0 Å². The van der Waals surface area contributed by atoms with Gasteiger partial charge in [0.25, 0.3) is 0 Å². The Kier molecular flexibility index (Phi) is 4.66. The van der Waals surface area contributed by atoms with Gasteiger partial charge in [-0.05, 0) is 19.1 Å². The van der Waals surface area contributed by atoms with Crippen LogP contribution < -0.4 is 4.74 Å². The minimum Gasteiger partial charge on any atom is -0.493 e. The van der Waals surface area contributed by atoms with Crippen molar-refractivity contribution >= 4 is 21.7 Å². The number of benzene rings is 1. The molecule has 0 amide bonds. The summed E-state index contributed by atoms with van der Waals surface area (Å²) in [4.78, 5) is 11.6. The number of halogens is 1. The van der Waals surface area contributed by atoms with E-state index in [0.29, 0.717) is 29.7 Å². The van der Waals surface area contributed by atoms with Gasteiger partial charge in [-0.15, -0.1) is 0 Å². The Bertz CT molecular complexity index is 310. The van der Waals surface area contributed by atoms with E-state index in [1.54, 1.807) is 6.07 Å². The van der Waals surface area contributed by atoms with Gasteiger partial charge in [0.1, 0.15) is 5.75 Å². The second-order valence-electron chi connectivity index (χ2n) is 2.79. The van der Waals surface area contributed by atoms with Gasteiger partial charge in [0, 0.05) is 11.8 Å². The molecule has 0 spiro atoms. The first-order chi connectivity index (χ1) is 6.79. The van der Waals surface area contributed by atoms with Crippen molar-refractivity contribution in [3.8, 4) is 5.75 Å². The zero-order chi connectivity index (χ0) is 10.4. The van der Waals surface area contributed by atoms with Gasteiger partial charge in [0.05, 0.1) is 12.2 Å². The Morgan fingerprint density at radius 3 is 2.79 bits per heavy atom. The van der Waals surface area contributed by atoms with Crippen LogP contribution in [0.5, 0.6) is 5.75 Å². The first kappa shape index (κ1) is 11.2. The zero-order valence-electron chi connectivity index (χ0n) is 8.13. The van der Waals surface area contributed by atoms with Crippen LogP contribution >= 0.6 is 15.9 Å². The molecule has 0 saturated heterocycles. The third kappa shape index (κ3) is 2.84. The number of alkyl halides is 1. The van der Waals surface area contributed by atoms with Crippen LogP contribution in [0.3, 0.4) is 0 Å². The molecular weight excluding hydrogens is 244 g/mol. The van der Waals surface area contributed by atoms with E-state index in [4.69, 9.17) is 4.74 Å². The van der Waals surface area contributed by atoms with E-state index in [9.17, 15) is 4.79 Å². The normalized spacial score (nSPS) is 9.86. The number of hydrogen-bond donors (Lipinski definition) is 0. The van der Waals surface area contributed by atoms with Crippen LogP contribution in [-0.2, 0) is 0 Å². The first-order valence-corrected chi connectivity index (χ1v) is 5.72. The maximum atomic E-state index is 11.6. The van der Waals surface area contributed by atoms with Crippen LogP contribution in [0.1, 0.15) is 23.7 Å². The van der Waals surface area contributed by atoms with E-state index >= 15 is 0 Å². The number of Topliss-reactive ketones (excluding diaryl/α,β-unsaturated/α-hetero) is 1. The smallest absolute Gasteiger partial charge is 0.167 e. The highest BCUT2D eigenvalue weighted by atomic mass is 79.9. The second kappa shape index (κ2) is 5.81. The average Bonchev–Trinajstić information content (AvgIpc) is 2.19. The van der Waals surface area contributed by atoms with Gasteiger partial charge in [0.2, 0.25) is 0 Å². The van der Waals surface area contributed by atoms with Gasteiger partial charge >= 0.3 is 0 Å². The summed E-state index contributed by atoms with van der Waals surface area (Å²) in [5.74, 6) is 0.798. The summed E-state index contributed by atoms with van der Waals surface area (Å²) in [7, 11) is 0. The molecule has 1 aromatic rings. The molecule has 1 rings (SSSR count). The molecule has 0 saturated carbocycles. The Hall–Kier alpha value is -0.830. The Morgan fingerprint density at radius 1 is 1.43 bits per heavy atom. The molecule has 0 N–H and O–H groups in total. The number of carbonyl (C=O) groups excluding carboxylic acids is 1. The van der Waals surface area contributed by atoms with Crippen molar-refractivity contribution in [2.24, 2.45) is 0 Å². The topological polar surface area (TPSA) is 26.3 Å². The quantitative estimate of drug-likeness (QED) is 0.598. The maximum absolute atomic E-state index is 11.6. The van der Waals surface area contributed by atoms with Gasteiger partial charge in [-0.25, -0.2) is 0 Å². The Labute approximate surface area is 92.4 Å². The van der Waals surface area contributed by atoms with E-state index in [1.165, 1.54) is 0 Å². The van der Waals surface area contributed by atoms with Crippen LogP contribution in [0.4, 0.5) is 0 Å². The molecule has 0 atom stereocenters. The van der Waals surface area contributed by atoms with Crippen molar-refractivity contribution in [2.75, 3.05) is 11.9 Å². The lowest BCUT2D eigenvalue weighted by molar-refractivity contribution is 0.0986. The van der Waals surface area contributed by atoms with Gasteiger partial charge in [-0.2, -0.15) is 0 Å². The molecule has 2 nitrogen and oxygen atoms in total. The molecule has 0 bridgehead atoms. The monoisotopic (exact) mass is 256 g/mol. The summed E-state index contributed by atoms with van der Waals surface area (Å²) in [6.07, 6.45) is 0.504. The van der Waals surface area contributed by atoms with Crippen LogP contribution in [-0.4, -0.2) is 17.7 Å². The summed E-state index contributed by atoms with van der Waals surface area (Å²) in [5.41, 5.74) is 0.675. The molecule has 14 heavy (non-hydrogen) atoms. The minimum absolute atomic E-state index is 0.117. The fraction of sp³-hybridized carbons (Fsp3) is 0.364. The number of rotatable bonds is 5. The zero-order valence-corrected chi connectivity index (χ0v) is 9.71. The maximum Gasteiger partial charge on any atom is 0.167 e. The summed E-state index contributed by atoms with van der Waals surface area (Å²) < 4.78 is 5.37. The summed E-state index contributed by atoms with van der Waals surface area (Å²) in [6.45, 7) is 2.49. The standard InChI is InChI=1S/C11H13BrO2/c1-2-14-11-6-4-3-5-9(11)10(13)7-8-12/h3-6H,2,7-8H2,1H3. The molecule has 0 aliphatic heterocycles. The number of ether oxygens (including phenoxy) is 1. The molecule has 1 aromatic carbocycles. The highest BCUT2D eigenvalue weighted by molar-refractivity contribution is 9.09. The van der Waals surface area contributed by atoms with Gasteiger partial charge in [-0.1, -0.05) is 28.1 Å². The third-order valence-corrected chi connectivity index (χ3v) is 2.21. The van der Waals surface area contributed by atoms with Crippen LogP contribution in [0.2, 0.25) is 0 Å². The predicted molar refractivity (Wildman–Crippen MR) is 60.4 cm³/mol. The van der Waals surface area contributed by atoms with E-state index in [0.717, 1.165) is 0 Å². The molecule has 0 aromatic heterocycles. The van der Waals surface area contributed by atoms with Crippen molar-refractivity contribution < 1.29 is 9.53 Å². The minimum atomic E-state index is 0.117. The van der Waals surface area contributed by atoms with Crippen molar-refractivity contribution in [2.45, 2.75) is 13.3 Å². The Morgan fingerprint density at radius 2 is 2.14 bits per heavy atom. The highest BCUT2D eigenvalue weighted by Gasteiger charge is 2.10. The fourth-order valence-electron chi connectivity index (χ4n) is 1.20. The fourth-order valence-corrected chi connectivity index (χ4v) is 1.56. The summed E-state index contributed by atoms with van der Waals surface area (Å²) in [5, 5.41) is 0.687. The molecule has 3 heteroatoms. The van der Waals surface area contributed by atoms with Crippen molar-refractivity contribution in [1.82, 2.24) is 0 Å². The SMILES string of the molecule is CCOc1ccccc1C(=O)CCBr. The molecule has 0 fully saturated rings. The largest absolute Gasteiger partial charge is 0.493 e. The van der Waals surface area contributed by atoms with Crippen LogP contribution in [0.15, 0.2) is 24.3 Å². The predicted octanol–water partition coefficient (Wildman–Crippen LogP) is 3.05. The van der Waals surface area contributed by atoms with Crippen molar-refractivity contribution in [1.29, 1.82) is 0 Å². The lowest BCUT2D eigenvalue weighted by Crippen LogP contribution is -2.04. The molecule has 76 valence electrons. The molecule has 0 aliphatic rings. The number of ketones is 1. The van der Waals surface area contributed by atoms with Gasteiger partial charge in [0.15, 0.2) is 5.78 Å². The third-order valence-electron chi connectivity index (χ3n) is 1.81. The van der Waals surface area contributed by atoms with E-state index in [1.807, 2.05) is 25.1 Å². The molecule has 0 aliphatic carbocycles. The number of hydrogen-bond acceptors (Lipinski definition) is 2. The first-order valence-electron chi connectivity index (χ1n) is 4.60. The van der Waals surface area contributed by atoms with E-state index in [2.05, 4.69) is 15.9 Å². The summed E-state index contributed by atoms with van der Waals surface area (Å²) in [6, 6.07) is 7.35. The number of para-hydroxylation sites is 1. The van der Waals surface area contributed by atoms with Gasteiger partial charge < -0.3 is 4.74 Å². The van der Waals surface area contributed by atoms with Crippen molar-refractivity contribution in [3.05, 3.63) is 29.8 Å². The molecule has 0 heterocycles. The van der Waals surface area contributed by atoms with Gasteiger partial charge in [-0.3, -0.25) is 4.79 Å². The lowest BCUT2D eigenvalue weighted by Gasteiger charge is -2.07. The molecule has 0 unspecified atom stereocenters. The number of carbonyl (C=O) groups is 1. The second-order valence-corrected chi connectivity index (χ2v) is 3.58.